The summed E-state index contributed by atoms with van der Waals surface area (Å²) in [6.45, 7) is 7.07. The van der Waals surface area contributed by atoms with Crippen LogP contribution in [0, 0.1) is 5.92 Å². The van der Waals surface area contributed by atoms with E-state index in [1.807, 2.05) is 0 Å². The molecule has 0 saturated heterocycles. The molecule has 1 rings (SSSR count). The first-order valence-electron chi connectivity index (χ1n) is 6.12. The van der Waals surface area contributed by atoms with Crippen LogP contribution in [0.2, 0.25) is 0 Å². The van der Waals surface area contributed by atoms with Gasteiger partial charge in [0, 0.05) is 12.6 Å². The summed E-state index contributed by atoms with van der Waals surface area (Å²) < 4.78 is 0. The maximum atomic E-state index is 5.48. The molecule has 15 heavy (non-hydrogen) atoms. The van der Waals surface area contributed by atoms with E-state index in [9.17, 15) is 0 Å². The first kappa shape index (κ1) is 12.9. The molecule has 0 heterocycles. The van der Waals surface area contributed by atoms with Crippen molar-refractivity contribution in [2.24, 2.45) is 11.7 Å². The topological polar surface area (TPSA) is 29.3 Å². The van der Waals surface area contributed by atoms with Crippen LogP contribution in [-0.4, -0.2) is 29.0 Å². The molecule has 0 bridgehead atoms. The average molecular weight is 228 g/mol. The highest BCUT2D eigenvalue weighted by molar-refractivity contribution is 7.80. The van der Waals surface area contributed by atoms with Crippen LogP contribution in [0.1, 0.15) is 46.0 Å². The van der Waals surface area contributed by atoms with Crippen LogP contribution in [0.15, 0.2) is 0 Å². The van der Waals surface area contributed by atoms with Gasteiger partial charge in [-0.1, -0.05) is 26.1 Å². The highest BCUT2D eigenvalue weighted by Crippen LogP contribution is 2.27. The summed E-state index contributed by atoms with van der Waals surface area (Å²) in [4.78, 5) is 3.31. The van der Waals surface area contributed by atoms with E-state index >= 15 is 0 Å². The van der Waals surface area contributed by atoms with Crippen LogP contribution >= 0.6 is 12.2 Å². The van der Waals surface area contributed by atoms with Gasteiger partial charge in [0.2, 0.25) is 0 Å². The molecule has 0 unspecified atom stereocenters. The molecule has 3 heteroatoms. The second kappa shape index (κ2) is 6.44. The van der Waals surface area contributed by atoms with Gasteiger partial charge in [0.25, 0.3) is 0 Å². The van der Waals surface area contributed by atoms with Crippen LogP contribution in [0.25, 0.3) is 0 Å². The van der Waals surface area contributed by atoms with Gasteiger partial charge in [0.1, 0.15) is 0 Å². The molecular formula is C12H24N2S. The highest BCUT2D eigenvalue weighted by atomic mass is 32.1. The van der Waals surface area contributed by atoms with E-state index in [-0.39, 0.29) is 0 Å². The summed E-state index contributed by atoms with van der Waals surface area (Å²) in [6.07, 6.45) is 6.11. The summed E-state index contributed by atoms with van der Waals surface area (Å²) in [5.74, 6) is 0.779. The van der Waals surface area contributed by atoms with E-state index in [1.165, 1.54) is 32.4 Å². The summed E-state index contributed by atoms with van der Waals surface area (Å²) in [5, 5.41) is 0. The Balaban J connectivity index is 2.11. The van der Waals surface area contributed by atoms with Crippen molar-refractivity contribution < 1.29 is 0 Å². The van der Waals surface area contributed by atoms with Crippen molar-refractivity contribution >= 4 is 17.2 Å². The Hall–Kier alpha value is -0.150. The second-order valence-electron chi connectivity index (χ2n) is 5.04. The fraction of sp³-hybridized carbons (Fsp3) is 0.917. The summed E-state index contributed by atoms with van der Waals surface area (Å²) in [6, 6.07) is 0.886. The Morgan fingerprint density at radius 1 is 1.40 bits per heavy atom. The van der Waals surface area contributed by atoms with Crippen LogP contribution in [0.5, 0.6) is 0 Å². The van der Waals surface area contributed by atoms with Gasteiger partial charge in [-0.05, 0) is 44.6 Å². The molecule has 88 valence electrons. The normalized spacial score (nSPS) is 16.3. The maximum Gasteiger partial charge on any atom is 0.0727 e. The molecule has 0 aromatic heterocycles. The van der Waals surface area contributed by atoms with Gasteiger partial charge in [0.05, 0.1) is 4.99 Å². The average Bonchev–Trinajstić information content (AvgIpc) is 2.92. The van der Waals surface area contributed by atoms with Crippen molar-refractivity contribution in [1.29, 1.82) is 0 Å². The van der Waals surface area contributed by atoms with Crippen molar-refractivity contribution in [3.8, 4) is 0 Å². The van der Waals surface area contributed by atoms with E-state index in [2.05, 4.69) is 18.7 Å². The van der Waals surface area contributed by atoms with E-state index in [0.717, 1.165) is 24.8 Å². The highest BCUT2D eigenvalue weighted by Gasteiger charge is 2.28. The lowest BCUT2D eigenvalue weighted by molar-refractivity contribution is 0.230. The third kappa shape index (κ3) is 6.10. The molecule has 0 aromatic carbocycles. The molecule has 0 amide bonds. The molecule has 0 atom stereocenters. The molecule has 1 aliphatic rings. The molecule has 0 aromatic rings. The lowest BCUT2D eigenvalue weighted by atomic mass is 10.1. The molecule has 2 nitrogen and oxygen atoms in total. The molecule has 0 aliphatic heterocycles. The standard InChI is InChI=1S/C12H24N2S/c1-10(2)9-14(11-6-7-11)8-4-3-5-12(13)15/h10-11H,3-9H2,1-2H3,(H2,13,15). The zero-order chi connectivity index (χ0) is 11.3. The molecular weight excluding hydrogens is 204 g/mol. The smallest absolute Gasteiger partial charge is 0.0727 e. The fourth-order valence-electron chi connectivity index (χ4n) is 1.95. The lowest BCUT2D eigenvalue weighted by Crippen LogP contribution is -2.31. The van der Waals surface area contributed by atoms with E-state index in [0.29, 0.717) is 4.99 Å². The summed E-state index contributed by atoms with van der Waals surface area (Å²) in [7, 11) is 0. The zero-order valence-corrected chi connectivity index (χ0v) is 10.9. The number of unbranched alkanes of at least 4 members (excludes halogenated alkanes) is 1. The number of rotatable bonds is 8. The quantitative estimate of drug-likeness (QED) is 0.511. The van der Waals surface area contributed by atoms with Crippen molar-refractivity contribution in [1.82, 2.24) is 4.90 Å². The van der Waals surface area contributed by atoms with E-state index in [1.54, 1.807) is 0 Å². The fourth-order valence-corrected chi connectivity index (χ4v) is 2.09. The summed E-state index contributed by atoms with van der Waals surface area (Å²) >= 11 is 4.87. The number of thiocarbonyl (C=S) groups is 1. The maximum absolute atomic E-state index is 5.48. The molecule has 1 aliphatic carbocycles. The Morgan fingerprint density at radius 3 is 2.53 bits per heavy atom. The minimum Gasteiger partial charge on any atom is -0.393 e. The van der Waals surface area contributed by atoms with Gasteiger partial charge < -0.3 is 10.6 Å². The number of hydrogen-bond donors (Lipinski definition) is 1. The molecule has 1 fully saturated rings. The van der Waals surface area contributed by atoms with Crippen LogP contribution < -0.4 is 5.73 Å². The Labute approximate surface area is 99.2 Å². The number of nitrogens with two attached hydrogens (primary N) is 1. The third-order valence-electron chi connectivity index (χ3n) is 2.78. The minimum absolute atomic E-state index is 0.664. The second-order valence-corrected chi connectivity index (χ2v) is 5.57. The van der Waals surface area contributed by atoms with Gasteiger partial charge >= 0.3 is 0 Å². The predicted molar refractivity (Wildman–Crippen MR) is 70.1 cm³/mol. The zero-order valence-electron chi connectivity index (χ0n) is 10.0. The van der Waals surface area contributed by atoms with E-state index < -0.39 is 0 Å². The monoisotopic (exact) mass is 228 g/mol. The SMILES string of the molecule is CC(C)CN(CCCCC(N)=S)C1CC1. The first-order chi connectivity index (χ1) is 7.09. The van der Waals surface area contributed by atoms with Crippen LogP contribution in [0.3, 0.4) is 0 Å². The van der Waals surface area contributed by atoms with Crippen molar-refractivity contribution in [2.75, 3.05) is 13.1 Å². The lowest BCUT2D eigenvalue weighted by Gasteiger charge is -2.23. The van der Waals surface area contributed by atoms with Gasteiger partial charge in [-0.2, -0.15) is 0 Å². The Bertz CT molecular complexity index is 200. The van der Waals surface area contributed by atoms with Crippen molar-refractivity contribution in [2.45, 2.75) is 52.0 Å². The first-order valence-corrected chi connectivity index (χ1v) is 6.52. The van der Waals surface area contributed by atoms with Gasteiger partial charge in [-0.15, -0.1) is 0 Å². The van der Waals surface area contributed by atoms with Crippen LogP contribution in [-0.2, 0) is 0 Å². The van der Waals surface area contributed by atoms with Crippen LogP contribution in [0.4, 0.5) is 0 Å². The van der Waals surface area contributed by atoms with Gasteiger partial charge in [0.15, 0.2) is 0 Å². The van der Waals surface area contributed by atoms with Crippen molar-refractivity contribution in [3.63, 3.8) is 0 Å². The molecule has 1 saturated carbocycles. The number of hydrogen-bond acceptors (Lipinski definition) is 2. The largest absolute Gasteiger partial charge is 0.393 e. The van der Waals surface area contributed by atoms with Crippen molar-refractivity contribution in [3.05, 3.63) is 0 Å². The Kier molecular flexibility index (Phi) is 5.54. The Morgan fingerprint density at radius 2 is 2.07 bits per heavy atom. The predicted octanol–water partition coefficient (Wildman–Crippen LogP) is 2.56. The number of nitrogens with zero attached hydrogens (tertiary/aromatic N) is 1. The molecule has 0 spiro atoms. The minimum atomic E-state index is 0.664. The third-order valence-corrected chi connectivity index (χ3v) is 2.99. The molecule has 0 radical (unpaired) electrons. The van der Waals surface area contributed by atoms with E-state index in [4.69, 9.17) is 18.0 Å². The van der Waals surface area contributed by atoms with Gasteiger partial charge in [-0.3, -0.25) is 0 Å². The summed E-state index contributed by atoms with van der Waals surface area (Å²) in [5.41, 5.74) is 5.48. The van der Waals surface area contributed by atoms with Gasteiger partial charge in [-0.25, -0.2) is 0 Å². The molecule has 2 N–H and O–H groups in total.